The molecule has 3 aromatic rings. The number of H-pyrrole nitrogens is 1. The Bertz CT molecular complexity index is 1240. The van der Waals surface area contributed by atoms with Crippen LogP contribution in [0.2, 0.25) is 0 Å². The summed E-state index contributed by atoms with van der Waals surface area (Å²) in [6, 6.07) is 16.2. The molecule has 1 aromatic heterocycles. The molecule has 2 aromatic carbocycles. The van der Waals surface area contributed by atoms with E-state index in [1.807, 2.05) is 36.1 Å². The van der Waals surface area contributed by atoms with E-state index in [-0.39, 0.29) is 18.5 Å². The zero-order chi connectivity index (χ0) is 25.3. The molecule has 7 heteroatoms. The van der Waals surface area contributed by atoms with Gasteiger partial charge in [0.25, 0.3) is 5.91 Å². The second kappa shape index (κ2) is 9.97. The first-order valence-electron chi connectivity index (χ1n) is 13.0. The van der Waals surface area contributed by atoms with Gasteiger partial charge >= 0.3 is 6.03 Å². The van der Waals surface area contributed by atoms with Crippen LogP contribution in [-0.4, -0.2) is 69.9 Å². The summed E-state index contributed by atoms with van der Waals surface area (Å²) in [6.07, 6.45) is 5.55. The number of urea groups is 1. The lowest BCUT2D eigenvalue weighted by Crippen LogP contribution is -2.57. The third kappa shape index (κ3) is 4.26. The number of benzene rings is 2. The molecule has 0 aliphatic carbocycles. The maximum Gasteiger partial charge on any atom is 0.327 e. The van der Waals surface area contributed by atoms with Gasteiger partial charge in [0.05, 0.1) is 13.7 Å². The second-order valence-electron chi connectivity index (χ2n) is 10.1. The molecule has 1 spiro atoms. The van der Waals surface area contributed by atoms with Gasteiger partial charge in [0.2, 0.25) is 0 Å². The molecule has 1 atom stereocenters. The summed E-state index contributed by atoms with van der Waals surface area (Å²) in [5.74, 6) is 0.673. The number of ether oxygens (including phenoxy) is 1. The number of carbonyl (C=O) groups is 2. The lowest BCUT2D eigenvalue weighted by atomic mass is 9.85. The van der Waals surface area contributed by atoms with E-state index in [2.05, 4.69) is 47.3 Å². The normalized spacial score (nSPS) is 19.0. The van der Waals surface area contributed by atoms with E-state index in [1.165, 1.54) is 21.4 Å². The first-order valence-corrected chi connectivity index (χ1v) is 13.0. The minimum Gasteiger partial charge on any atom is -0.497 e. The number of hydrogen-bond donors (Lipinski definition) is 1. The van der Waals surface area contributed by atoms with Gasteiger partial charge in [-0.1, -0.05) is 30.3 Å². The predicted molar refractivity (Wildman–Crippen MR) is 141 cm³/mol. The Balaban J connectivity index is 1.24. The molecule has 2 aliphatic rings. The number of likely N-dealkylation sites (tertiary alicyclic amines) is 1. The highest BCUT2D eigenvalue weighted by Gasteiger charge is 2.57. The fourth-order valence-electron chi connectivity index (χ4n) is 6.02. The van der Waals surface area contributed by atoms with Gasteiger partial charge in [-0.3, -0.25) is 9.69 Å². The van der Waals surface area contributed by atoms with E-state index in [9.17, 15) is 9.59 Å². The van der Waals surface area contributed by atoms with Crippen molar-refractivity contribution in [2.24, 2.45) is 0 Å². The van der Waals surface area contributed by atoms with Gasteiger partial charge in [-0.05, 0) is 68.9 Å². The molecule has 36 heavy (non-hydrogen) atoms. The fourth-order valence-corrected chi connectivity index (χ4v) is 6.02. The Labute approximate surface area is 213 Å². The first kappa shape index (κ1) is 24.4. The second-order valence-corrected chi connectivity index (χ2v) is 10.1. The van der Waals surface area contributed by atoms with Crippen molar-refractivity contribution in [3.8, 4) is 5.75 Å². The van der Waals surface area contributed by atoms with Crippen molar-refractivity contribution in [2.75, 3.05) is 26.7 Å². The average Bonchev–Trinajstić information content (AvgIpc) is 3.40. The van der Waals surface area contributed by atoms with Crippen molar-refractivity contribution in [3.05, 3.63) is 65.9 Å². The standard InChI is InChI=1S/C29H36N4O3/c1-4-33-28(35)32(20-22-8-7-9-24(18-22)36-3)27(34)29(33)14-16-31(17-15-29)21(2)12-13-23-19-30-26-11-6-5-10-25(23)26/h5-11,18-19,21,30H,4,12-17,20H2,1-3H3. The number of aryl methyl sites for hydroxylation is 1. The summed E-state index contributed by atoms with van der Waals surface area (Å²) in [5.41, 5.74) is 2.71. The quantitative estimate of drug-likeness (QED) is 0.462. The van der Waals surface area contributed by atoms with Crippen LogP contribution in [0.15, 0.2) is 54.7 Å². The van der Waals surface area contributed by atoms with Crippen molar-refractivity contribution in [3.63, 3.8) is 0 Å². The van der Waals surface area contributed by atoms with Crippen molar-refractivity contribution in [1.29, 1.82) is 0 Å². The highest BCUT2D eigenvalue weighted by Crippen LogP contribution is 2.38. The number of imide groups is 1. The molecule has 2 saturated heterocycles. The van der Waals surface area contributed by atoms with Gasteiger partial charge in [0.15, 0.2) is 0 Å². The highest BCUT2D eigenvalue weighted by atomic mass is 16.5. The van der Waals surface area contributed by atoms with Crippen molar-refractivity contribution < 1.29 is 14.3 Å². The lowest BCUT2D eigenvalue weighted by molar-refractivity contribution is -0.136. The number of amides is 3. The average molecular weight is 489 g/mol. The van der Waals surface area contributed by atoms with E-state index in [4.69, 9.17) is 4.74 Å². The predicted octanol–water partition coefficient (Wildman–Crippen LogP) is 4.82. The molecule has 2 aliphatic heterocycles. The van der Waals surface area contributed by atoms with Crippen LogP contribution in [0.4, 0.5) is 4.79 Å². The smallest absolute Gasteiger partial charge is 0.327 e. The van der Waals surface area contributed by atoms with Gasteiger partial charge in [-0.15, -0.1) is 0 Å². The van der Waals surface area contributed by atoms with Crippen LogP contribution >= 0.6 is 0 Å². The lowest BCUT2D eigenvalue weighted by Gasteiger charge is -2.43. The molecule has 3 amide bonds. The molecule has 0 bridgehead atoms. The number of nitrogens with one attached hydrogen (secondary N) is 1. The van der Waals surface area contributed by atoms with Crippen LogP contribution in [-0.2, 0) is 17.8 Å². The molecule has 190 valence electrons. The van der Waals surface area contributed by atoms with Gasteiger partial charge in [0, 0.05) is 42.8 Å². The number of rotatable bonds is 8. The van der Waals surface area contributed by atoms with Crippen LogP contribution in [0.5, 0.6) is 5.75 Å². The SMILES string of the molecule is CCN1C(=O)N(Cc2cccc(OC)c2)C(=O)C12CCN(C(C)CCc1c[nH]c3ccccc13)CC2. The van der Waals surface area contributed by atoms with E-state index in [1.54, 1.807) is 7.11 Å². The van der Waals surface area contributed by atoms with Crippen molar-refractivity contribution in [1.82, 2.24) is 19.7 Å². The molecule has 5 rings (SSSR count). The summed E-state index contributed by atoms with van der Waals surface area (Å²) in [7, 11) is 1.62. The van der Waals surface area contributed by atoms with Gasteiger partial charge in [0.1, 0.15) is 11.3 Å². The van der Waals surface area contributed by atoms with Crippen LogP contribution < -0.4 is 4.74 Å². The summed E-state index contributed by atoms with van der Waals surface area (Å²) in [4.78, 5) is 36.1. The topological polar surface area (TPSA) is 68.9 Å². The number of para-hydroxylation sites is 1. The maximum atomic E-state index is 13.7. The molecular weight excluding hydrogens is 452 g/mol. The molecule has 3 heterocycles. The number of aromatic nitrogens is 1. The van der Waals surface area contributed by atoms with Crippen LogP contribution in [0.1, 0.15) is 44.2 Å². The van der Waals surface area contributed by atoms with Crippen molar-refractivity contribution in [2.45, 2.75) is 57.7 Å². The van der Waals surface area contributed by atoms with E-state index < -0.39 is 5.54 Å². The molecule has 1 unspecified atom stereocenters. The third-order valence-electron chi connectivity index (χ3n) is 8.17. The summed E-state index contributed by atoms with van der Waals surface area (Å²) in [6.45, 7) is 6.70. The third-order valence-corrected chi connectivity index (χ3v) is 8.17. The molecule has 0 saturated carbocycles. The minimum atomic E-state index is -0.724. The number of nitrogens with zero attached hydrogens (tertiary/aromatic N) is 3. The monoisotopic (exact) mass is 488 g/mol. The maximum absolute atomic E-state index is 13.7. The molecular formula is C29H36N4O3. The molecule has 2 fully saturated rings. The summed E-state index contributed by atoms with van der Waals surface area (Å²) >= 11 is 0. The number of hydrogen-bond acceptors (Lipinski definition) is 4. The van der Waals surface area contributed by atoms with Gasteiger partial charge in [-0.2, -0.15) is 0 Å². The van der Waals surface area contributed by atoms with Crippen LogP contribution in [0.3, 0.4) is 0 Å². The zero-order valence-electron chi connectivity index (χ0n) is 21.5. The number of piperidine rings is 1. The Hall–Kier alpha value is -3.32. The Morgan fingerprint density at radius 1 is 1.08 bits per heavy atom. The fraction of sp³-hybridized carbons (Fsp3) is 0.448. The van der Waals surface area contributed by atoms with Gasteiger partial charge in [-0.25, -0.2) is 4.79 Å². The first-order chi connectivity index (χ1) is 17.5. The van der Waals surface area contributed by atoms with Crippen LogP contribution in [0.25, 0.3) is 10.9 Å². The Kier molecular flexibility index (Phi) is 6.75. The zero-order valence-corrected chi connectivity index (χ0v) is 21.5. The van der Waals surface area contributed by atoms with Gasteiger partial charge < -0.3 is 19.5 Å². The summed E-state index contributed by atoms with van der Waals surface area (Å²) in [5, 5.41) is 1.30. The number of fused-ring (bicyclic) bond motifs is 1. The van der Waals surface area contributed by atoms with E-state index >= 15 is 0 Å². The number of likely N-dealkylation sites (N-methyl/N-ethyl adjacent to an activating group) is 1. The summed E-state index contributed by atoms with van der Waals surface area (Å²) < 4.78 is 5.32. The van der Waals surface area contributed by atoms with E-state index in [0.29, 0.717) is 25.4 Å². The minimum absolute atomic E-state index is 0.0525. The molecule has 1 N–H and O–H groups in total. The number of carbonyl (C=O) groups excluding carboxylic acids is 2. The number of aromatic amines is 1. The molecule has 7 nitrogen and oxygen atoms in total. The highest BCUT2D eigenvalue weighted by molar-refractivity contribution is 6.07. The van der Waals surface area contributed by atoms with Crippen molar-refractivity contribution >= 4 is 22.8 Å². The Morgan fingerprint density at radius 3 is 2.61 bits per heavy atom. The molecule has 0 radical (unpaired) electrons. The van der Waals surface area contributed by atoms with E-state index in [0.717, 1.165) is 37.2 Å². The Morgan fingerprint density at radius 2 is 1.86 bits per heavy atom. The van der Waals surface area contributed by atoms with Crippen LogP contribution in [0, 0.1) is 0 Å². The number of methoxy groups -OCH3 is 1. The largest absolute Gasteiger partial charge is 0.497 e.